The van der Waals surface area contributed by atoms with E-state index in [2.05, 4.69) is 34.2 Å². The minimum Gasteiger partial charge on any atom is -0.356 e. The van der Waals surface area contributed by atoms with Gasteiger partial charge in [0.25, 0.3) is 0 Å². The lowest BCUT2D eigenvalue weighted by molar-refractivity contribution is 0.317. The zero-order valence-electron chi connectivity index (χ0n) is 13.7. The molecule has 22 heavy (non-hydrogen) atoms. The summed E-state index contributed by atoms with van der Waals surface area (Å²) in [5, 5.41) is 3.79. The lowest BCUT2D eigenvalue weighted by atomic mass is 10.2. The lowest BCUT2D eigenvalue weighted by Gasteiger charge is -2.22. The van der Waals surface area contributed by atoms with E-state index in [9.17, 15) is 0 Å². The minimum absolute atomic E-state index is 0.660. The second-order valence-corrected chi connectivity index (χ2v) is 7.22. The van der Waals surface area contributed by atoms with Gasteiger partial charge in [0.1, 0.15) is 5.82 Å². The number of aromatic nitrogens is 1. The van der Waals surface area contributed by atoms with Crippen LogP contribution < -0.4 is 10.2 Å². The summed E-state index contributed by atoms with van der Waals surface area (Å²) >= 11 is 0. The van der Waals surface area contributed by atoms with Crippen LogP contribution in [0.4, 0.5) is 5.82 Å². The monoisotopic (exact) mass is 300 g/mol. The Morgan fingerprint density at radius 2 is 1.95 bits per heavy atom. The van der Waals surface area contributed by atoms with Crippen LogP contribution in [0.2, 0.25) is 0 Å². The third kappa shape index (κ3) is 3.13. The molecule has 1 unspecified atom stereocenters. The van der Waals surface area contributed by atoms with Crippen LogP contribution in [0, 0.1) is 6.92 Å². The van der Waals surface area contributed by atoms with Gasteiger partial charge in [0.15, 0.2) is 0 Å². The fraction of sp³-hybridized carbons (Fsp3) is 0.722. The minimum atomic E-state index is 0.660. The third-order valence-corrected chi connectivity index (χ3v) is 5.36. The SMILES string of the molecule is Cc1ccc(CNC2CCN(C3CC3)C2)c(N2CCCC2)n1. The number of nitrogens with one attached hydrogen (secondary N) is 1. The Kier molecular flexibility index (Phi) is 4.05. The van der Waals surface area contributed by atoms with Crippen molar-refractivity contribution in [1.82, 2.24) is 15.2 Å². The maximum atomic E-state index is 4.83. The highest BCUT2D eigenvalue weighted by Crippen LogP contribution is 2.30. The van der Waals surface area contributed by atoms with Crippen LogP contribution in [0.25, 0.3) is 0 Å². The van der Waals surface area contributed by atoms with Gasteiger partial charge in [0.05, 0.1) is 0 Å². The number of rotatable bonds is 5. The summed E-state index contributed by atoms with van der Waals surface area (Å²) in [6.45, 7) is 7.92. The molecule has 2 saturated heterocycles. The highest BCUT2D eigenvalue weighted by molar-refractivity contribution is 5.48. The molecule has 0 amide bonds. The molecular weight excluding hydrogens is 272 g/mol. The molecule has 1 aromatic heterocycles. The summed E-state index contributed by atoms with van der Waals surface area (Å²) in [5.41, 5.74) is 2.50. The Hall–Kier alpha value is -1.13. The zero-order valence-corrected chi connectivity index (χ0v) is 13.7. The highest BCUT2D eigenvalue weighted by atomic mass is 15.2. The number of anilines is 1. The van der Waals surface area contributed by atoms with Crippen LogP contribution in [0.1, 0.15) is 43.4 Å². The molecule has 120 valence electrons. The molecule has 0 spiro atoms. The van der Waals surface area contributed by atoms with E-state index >= 15 is 0 Å². The van der Waals surface area contributed by atoms with E-state index in [-0.39, 0.29) is 0 Å². The Balaban J connectivity index is 1.39. The topological polar surface area (TPSA) is 31.4 Å². The molecule has 1 N–H and O–H groups in total. The van der Waals surface area contributed by atoms with Crippen LogP contribution in [-0.2, 0) is 6.54 Å². The van der Waals surface area contributed by atoms with E-state index in [1.807, 2.05) is 0 Å². The Bertz CT molecular complexity index is 520. The molecule has 0 aromatic carbocycles. The quantitative estimate of drug-likeness (QED) is 0.904. The first-order valence-corrected chi connectivity index (χ1v) is 8.98. The van der Waals surface area contributed by atoms with Gasteiger partial charge in [-0.15, -0.1) is 0 Å². The van der Waals surface area contributed by atoms with Gasteiger partial charge < -0.3 is 10.2 Å². The summed E-state index contributed by atoms with van der Waals surface area (Å²) in [6, 6.07) is 6.00. The first kappa shape index (κ1) is 14.5. The number of nitrogens with zero attached hydrogens (tertiary/aromatic N) is 3. The predicted molar refractivity (Wildman–Crippen MR) is 90.3 cm³/mol. The predicted octanol–water partition coefficient (Wildman–Crippen LogP) is 2.32. The summed E-state index contributed by atoms with van der Waals surface area (Å²) in [7, 11) is 0. The smallest absolute Gasteiger partial charge is 0.133 e. The zero-order chi connectivity index (χ0) is 14.9. The van der Waals surface area contributed by atoms with Gasteiger partial charge in [-0.2, -0.15) is 0 Å². The fourth-order valence-corrected chi connectivity index (χ4v) is 3.89. The van der Waals surface area contributed by atoms with E-state index < -0.39 is 0 Å². The molecule has 0 bridgehead atoms. The maximum absolute atomic E-state index is 4.83. The lowest BCUT2D eigenvalue weighted by Crippen LogP contribution is -2.33. The molecular formula is C18H28N4. The van der Waals surface area contributed by atoms with Crippen molar-refractivity contribution in [3.05, 3.63) is 23.4 Å². The van der Waals surface area contributed by atoms with Crippen molar-refractivity contribution >= 4 is 5.82 Å². The first-order chi connectivity index (χ1) is 10.8. The van der Waals surface area contributed by atoms with Gasteiger partial charge >= 0.3 is 0 Å². The van der Waals surface area contributed by atoms with E-state index in [1.54, 1.807) is 0 Å². The second-order valence-electron chi connectivity index (χ2n) is 7.22. The summed E-state index contributed by atoms with van der Waals surface area (Å²) in [6.07, 6.45) is 6.76. The van der Waals surface area contributed by atoms with Crippen molar-refractivity contribution in [2.24, 2.45) is 0 Å². The molecule has 3 aliphatic rings. The number of hydrogen-bond acceptors (Lipinski definition) is 4. The molecule has 0 radical (unpaired) electrons. The van der Waals surface area contributed by atoms with E-state index in [0.29, 0.717) is 6.04 Å². The largest absolute Gasteiger partial charge is 0.356 e. The molecule has 4 heteroatoms. The number of likely N-dealkylation sites (tertiary alicyclic amines) is 1. The number of pyridine rings is 1. The Morgan fingerprint density at radius 3 is 2.73 bits per heavy atom. The Labute approximate surface area is 133 Å². The molecule has 1 saturated carbocycles. The van der Waals surface area contributed by atoms with Crippen LogP contribution in [0.3, 0.4) is 0 Å². The molecule has 3 fully saturated rings. The Morgan fingerprint density at radius 1 is 1.14 bits per heavy atom. The summed E-state index contributed by atoms with van der Waals surface area (Å²) < 4.78 is 0. The summed E-state index contributed by atoms with van der Waals surface area (Å²) in [5.74, 6) is 1.22. The van der Waals surface area contributed by atoms with Crippen LogP contribution >= 0.6 is 0 Å². The van der Waals surface area contributed by atoms with Crippen molar-refractivity contribution in [1.29, 1.82) is 0 Å². The van der Waals surface area contributed by atoms with Crippen LogP contribution in [0.5, 0.6) is 0 Å². The van der Waals surface area contributed by atoms with Gasteiger partial charge in [-0.05, 0) is 45.1 Å². The molecule has 4 rings (SSSR count). The van der Waals surface area contributed by atoms with E-state index in [0.717, 1.165) is 18.3 Å². The highest BCUT2D eigenvalue weighted by Gasteiger charge is 2.34. The second kappa shape index (κ2) is 6.17. The van der Waals surface area contributed by atoms with Crippen molar-refractivity contribution < 1.29 is 0 Å². The fourth-order valence-electron chi connectivity index (χ4n) is 3.89. The first-order valence-electron chi connectivity index (χ1n) is 8.98. The molecule has 3 heterocycles. The van der Waals surface area contributed by atoms with Gasteiger partial charge in [0.2, 0.25) is 0 Å². The normalized spacial score (nSPS) is 26.0. The van der Waals surface area contributed by atoms with Gasteiger partial charge in [0, 0.05) is 56.1 Å². The standard InChI is InChI=1S/C18H28N4/c1-14-4-5-15(18(20-14)21-9-2-3-10-21)12-19-16-8-11-22(13-16)17-6-7-17/h4-5,16-17,19H,2-3,6-13H2,1H3. The van der Waals surface area contributed by atoms with E-state index in [1.165, 1.54) is 69.7 Å². The van der Waals surface area contributed by atoms with E-state index in [4.69, 9.17) is 4.98 Å². The van der Waals surface area contributed by atoms with Gasteiger partial charge in [-0.25, -0.2) is 4.98 Å². The molecule has 4 nitrogen and oxygen atoms in total. The number of hydrogen-bond donors (Lipinski definition) is 1. The van der Waals surface area contributed by atoms with Crippen molar-refractivity contribution in [3.63, 3.8) is 0 Å². The third-order valence-electron chi connectivity index (χ3n) is 5.36. The van der Waals surface area contributed by atoms with Crippen molar-refractivity contribution in [2.45, 2.75) is 57.7 Å². The van der Waals surface area contributed by atoms with Crippen molar-refractivity contribution in [3.8, 4) is 0 Å². The van der Waals surface area contributed by atoms with Crippen LogP contribution in [0.15, 0.2) is 12.1 Å². The van der Waals surface area contributed by atoms with Gasteiger partial charge in [-0.1, -0.05) is 6.07 Å². The molecule has 1 aliphatic carbocycles. The molecule has 1 aromatic rings. The van der Waals surface area contributed by atoms with Crippen molar-refractivity contribution in [2.75, 3.05) is 31.1 Å². The number of aryl methyl sites for hydroxylation is 1. The van der Waals surface area contributed by atoms with Crippen LogP contribution in [-0.4, -0.2) is 48.1 Å². The molecule has 1 atom stereocenters. The summed E-state index contributed by atoms with van der Waals surface area (Å²) in [4.78, 5) is 9.97. The molecule has 2 aliphatic heterocycles. The average Bonchev–Trinajstić information content (AvgIpc) is 3.04. The maximum Gasteiger partial charge on any atom is 0.133 e. The average molecular weight is 300 g/mol. The van der Waals surface area contributed by atoms with Gasteiger partial charge in [-0.3, -0.25) is 4.90 Å².